The Labute approximate surface area is 200 Å². The normalized spacial score (nSPS) is 17.6. The van der Waals surface area contributed by atoms with Crippen LogP contribution in [0.3, 0.4) is 0 Å². The van der Waals surface area contributed by atoms with Gasteiger partial charge in [0, 0.05) is 39.8 Å². The van der Waals surface area contributed by atoms with E-state index in [0.29, 0.717) is 17.0 Å². The van der Waals surface area contributed by atoms with Gasteiger partial charge in [0.2, 0.25) is 0 Å². The molecule has 1 fully saturated rings. The number of carbonyl (C=O) groups excluding carboxylic acids is 2. The number of halogens is 2. The lowest BCUT2D eigenvalue weighted by Gasteiger charge is -2.25. The lowest BCUT2D eigenvalue weighted by Crippen LogP contribution is -2.32. The Morgan fingerprint density at radius 1 is 1.00 bits per heavy atom. The van der Waals surface area contributed by atoms with Gasteiger partial charge in [-0.25, -0.2) is 4.39 Å². The van der Waals surface area contributed by atoms with Crippen molar-refractivity contribution in [2.75, 3.05) is 6.54 Å². The molecule has 1 amide bonds. The summed E-state index contributed by atoms with van der Waals surface area (Å²) in [7, 11) is 0. The van der Waals surface area contributed by atoms with Crippen LogP contribution < -0.4 is 0 Å². The SMILES string of the molecule is O=C1C(=O)N(CCc2c[nH]c3ccccc23)C(c2ccccc2F)/C1=C(\O)c1ccc(Cl)cc1. The lowest BCUT2D eigenvalue weighted by atomic mass is 9.95. The van der Waals surface area contributed by atoms with Crippen LogP contribution in [-0.2, 0) is 16.0 Å². The van der Waals surface area contributed by atoms with Crippen LogP contribution in [0, 0.1) is 5.82 Å². The first kappa shape index (κ1) is 21.9. The summed E-state index contributed by atoms with van der Waals surface area (Å²) in [5.41, 5.74) is 2.27. The lowest BCUT2D eigenvalue weighted by molar-refractivity contribution is -0.139. The average Bonchev–Trinajstić information content (AvgIpc) is 3.37. The third-order valence-corrected chi connectivity index (χ3v) is 6.41. The first-order valence-electron chi connectivity index (χ1n) is 10.8. The van der Waals surface area contributed by atoms with Crippen molar-refractivity contribution in [2.45, 2.75) is 12.5 Å². The van der Waals surface area contributed by atoms with Crippen LogP contribution in [0.15, 0.2) is 84.6 Å². The van der Waals surface area contributed by atoms with Crippen molar-refractivity contribution in [2.24, 2.45) is 0 Å². The van der Waals surface area contributed by atoms with Crippen molar-refractivity contribution >= 4 is 40.0 Å². The number of Topliss-reactive ketones (excluding diaryl/α,β-unsaturated/α-hetero) is 1. The van der Waals surface area contributed by atoms with Gasteiger partial charge >= 0.3 is 0 Å². The van der Waals surface area contributed by atoms with Gasteiger partial charge in [-0.15, -0.1) is 0 Å². The highest BCUT2D eigenvalue weighted by Crippen LogP contribution is 2.40. The van der Waals surface area contributed by atoms with Gasteiger partial charge in [0.1, 0.15) is 11.6 Å². The Morgan fingerprint density at radius 2 is 1.71 bits per heavy atom. The highest BCUT2D eigenvalue weighted by molar-refractivity contribution is 6.46. The maximum atomic E-state index is 14.9. The molecule has 0 saturated carbocycles. The number of benzene rings is 3. The molecule has 1 aliphatic heterocycles. The van der Waals surface area contributed by atoms with Gasteiger partial charge in [-0.3, -0.25) is 9.59 Å². The van der Waals surface area contributed by atoms with Crippen molar-refractivity contribution in [1.82, 2.24) is 9.88 Å². The monoisotopic (exact) mass is 474 g/mol. The number of fused-ring (bicyclic) bond motifs is 1. The van der Waals surface area contributed by atoms with Crippen molar-refractivity contribution in [3.05, 3.63) is 112 Å². The summed E-state index contributed by atoms with van der Waals surface area (Å²) >= 11 is 5.95. The summed E-state index contributed by atoms with van der Waals surface area (Å²) in [6.07, 6.45) is 2.32. The van der Waals surface area contributed by atoms with Gasteiger partial charge in [0.05, 0.1) is 11.6 Å². The van der Waals surface area contributed by atoms with Crippen molar-refractivity contribution in [1.29, 1.82) is 0 Å². The fourth-order valence-corrected chi connectivity index (χ4v) is 4.60. The molecule has 0 bridgehead atoms. The predicted octanol–water partition coefficient (Wildman–Crippen LogP) is 5.62. The first-order valence-corrected chi connectivity index (χ1v) is 11.2. The number of amides is 1. The third kappa shape index (κ3) is 3.76. The topological polar surface area (TPSA) is 73.4 Å². The molecule has 0 radical (unpaired) electrons. The van der Waals surface area contributed by atoms with Gasteiger partial charge in [-0.05, 0) is 48.4 Å². The number of rotatable bonds is 5. The summed E-state index contributed by atoms with van der Waals surface area (Å²) in [5, 5.41) is 12.5. The molecule has 5 nitrogen and oxygen atoms in total. The molecule has 1 atom stereocenters. The smallest absolute Gasteiger partial charge is 0.295 e. The number of aliphatic hydroxyl groups excluding tert-OH is 1. The maximum absolute atomic E-state index is 14.9. The number of hydrogen-bond donors (Lipinski definition) is 2. The zero-order valence-electron chi connectivity index (χ0n) is 18.0. The van der Waals surface area contributed by atoms with Crippen LogP contribution in [0.25, 0.3) is 16.7 Å². The number of ketones is 1. The molecule has 5 rings (SSSR count). The van der Waals surface area contributed by atoms with Crippen LogP contribution in [0.2, 0.25) is 5.02 Å². The minimum atomic E-state index is -1.05. The highest BCUT2D eigenvalue weighted by Gasteiger charge is 2.46. The number of para-hydroxylation sites is 1. The summed E-state index contributed by atoms with van der Waals surface area (Å²) in [4.78, 5) is 30.7. The van der Waals surface area contributed by atoms with E-state index < -0.39 is 23.5 Å². The number of aromatic amines is 1. The van der Waals surface area contributed by atoms with Gasteiger partial charge < -0.3 is 15.0 Å². The highest BCUT2D eigenvalue weighted by atomic mass is 35.5. The van der Waals surface area contributed by atoms with Crippen LogP contribution in [-0.4, -0.2) is 33.2 Å². The largest absolute Gasteiger partial charge is 0.507 e. The zero-order chi connectivity index (χ0) is 23.8. The molecule has 1 unspecified atom stereocenters. The summed E-state index contributed by atoms with van der Waals surface area (Å²) < 4.78 is 14.9. The number of nitrogens with zero attached hydrogens (tertiary/aromatic N) is 1. The minimum absolute atomic E-state index is 0.142. The van der Waals surface area contributed by atoms with Crippen LogP contribution in [0.1, 0.15) is 22.7 Å². The number of hydrogen-bond acceptors (Lipinski definition) is 3. The van der Waals surface area contributed by atoms with Gasteiger partial charge in [-0.1, -0.05) is 48.0 Å². The van der Waals surface area contributed by atoms with Gasteiger partial charge in [0.15, 0.2) is 0 Å². The molecule has 1 saturated heterocycles. The number of carbonyl (C=O) groups is 2. The maximum Gasteiger partial charge on any atom is 0.295 e. The average molecular weight is 475 g/mol. The molecule has 2 N–H and O–H groups in total. The summed E-state index contributed by atoms with van der Waals surface area (Å²) in [6.45, 7) is 0.169. The van der Waals surface area contributed by atoms with E-state index >= 15 is 0 Å². The predicted molar refractivity (Wildman–Crippen MR) is 129 cm³/mol. The number of nitrogens with one attached hydrogen (secondary N) is 1. The fourth-order valence-electron chi connectivity index (χ4n) is 4.47. The Balaban J connectivity index is 1.58. The van der Waals surface area contributed by atoms with E-state index in [2.05, 4.69) is 4.98 Å². The Hall–Kier alpha value is -3.90. The van der Waals surface area contributed by atoms with E-state index in [9.17, 15) is 19.1 Å². The van der Waals surface area contributed by atoms with E-state index in [1.165, 1.54) is 23.1 Å². The first-order chi connectivity index (χ1) is 16.5. The van der Waals surface area contributed by atoms with Crippen LogP contribution in [0.5, 0.6) is 0 Å². The van der Waals surface area contributed by atoms with E-state index in [1.54, 1.807) is 30.3 Å². The number of aromatic nitrogens is 1. The summed E-state index contributed by atoms with van der Waals surface area (Å²) in [6, 6.07) is 19.0. The molecule has 2 heterocycles. The Kier molecular flexibility index (Phi) is 5.67. The second kappa shape index (κ2) is 8.80. The molecule has 4 aromatic rings. The molecular formula is C27H20ClFN2O3. The Morgan fingerprint density at radius 3 is 2.47 bits per heavy atom. The van der Waals surface area contributed by atoms with E-state index in [1.807, 2.05) is 30.5 Å². The van der Waals surface area contributed by atoms with E-state index in [4.69, 9.17) is 11.6 Å². The second-order valence-corrected chi connectivity index (χ2v) is 8.57. The number of likely N-dealkylation sites (tertiary alicyclic amines) is 1. The Bertz CT molecular complexity index is 1440. The zero-order valence-corrected chi connectivity index (χ0v) is 18.7. The van der Waals surface area contributed by atoms with Crippen molar-refractivity contribution in [3.8, 4) is 0 Å². The molecule has 3 aromatic carbocycles. The van der Waals surface area contributed by atoms with Crippen molar-refractivity contribution in [3.63, 3.8) is 0 Å². The molecular weight excluding hydrogens is 455 g/mol. The fraction of sp³-hybridized carbons (Fsp3) is 0.111. The number of aliphatic hydroxyl groups is 1. The van der Waals surface area contributed by atoms with Gasteiger partial charge in [0.25, 0.3) is 11.7 Å². The molecule has 1 aromatic heterocycles. The van der Waals surface area contributed by atoms with Crippen LogP contribution in [0.4, 0.5) is 4.39 Å². The summed E-state index contributed by atoms with van der Waals surface area (Å²) in [5.74, 6) is -2.55. The van der Waals surface area contributed by atoms with Gasteiger partial charge in [-0.2, -0.15) is 0 Å². The van der Waals surface area contributed by atoms with Crippen LogP contribution >= 0.6 is 11.6 Å². The molecule has 7 heteroatoms. The second-order valence-electron chi connectivity index (χ2n) is 8.13. The molecule has 1 aliphatic rings. The van der Waals surface area contributed by atoms with E-state index in [-0.39, 0.29) is 23.4 Å². The molecule has 0 spiro atoms. The van der Waals surface area contributed by atoms with Crippen molar-refractivity contribution < 1.29 is 19.1 Å². The number of H-pyrrole nitrogens is 1. The molecule has 0 aliphatic carbocycles. The minimum Gasteiger partial charge on any atom is -0.507 e. The molecule has 34 heavy (non-hydrogen) atoms. The standard InChI is InChI=1S/C27H20ClFN2O3/c28-18-11-9-16(10-12-18)25(32)23-24(20-6-1-3-7-21(20)29)31(27(34)26(23)33)14-13-17-15-30-22-8-4-2-5-19(17)22/h1-12,15,24,30,32H,13-14H2/b25-23+. The van der Waals surface area contributed by atoms with E-state index in [0.717, 1.165) is 16.5 Å². The quantitative estimate of drug-likeness (QED) is 0.224. The molecule has 170 valence electrons. The third-order valence-electron chi connectivity index (χ3n) is 6.15.